The molecule has 0 aliphatic rings. The van der Waals surface area contributed by atoms with Gasteiger partial charge in [0.05, 0.1) is 26.4 Å². The Hall–Kier alpha value is -2.96. The summed E-state index contributed by atoms with van der Waals surface area (Å²) < 4.78 is 15.7. The number of nitrogens with one attached hydrogen (secondary N) is 1. The number of nitrogens with zero attached hydrogens (tertiary/aromatic N) is 1. The summed E-state index contributed by atoms with van der Waals surface area (Å²) in [6.45, 7) is 8.39. The molecule has 0 atom stereocenters. The van der Waals surface area contributed by atoms with Gasteiger partial charge in [0.25, 0.3) is 5.91 Å². The highest BCUT2D eigenvalue weighted by Crippen LogP contribution is 2.28. The summed E-state index contributed by atoms with van der Waals surface area (Å²) in [7, 11) is 3.16. The van der Waals surface area contributed by atoms with Crippen molar-refractivity contribution in [2.75, 3.05) is 27.4 Å². The van der Waals surface area contributed by atoms with Gasteiger partial charge >= 0.3 is 5.97 Å². The Morgan fingerprint density at radius 3 is 2.32 bits per heavy atom. The third-order valence-corrected chi connectivity index (χ3v) is 4.62. The van der Waals surface area contributed by atoms with Crippen molar-refractivity contribution in [3.63, 3.8) is 0 Å². The minimum Gasteiger partial charge on any atom is -0.493 e. The van der Waals surface area contributed by atoms with Crippen LogP contribution in [0.4, 0.5) is 0 Å². The molecule has 0 saturated carbocycles. The summed E-state index contributed by atoms with van der Waals surface area (Å²) in [4.78, 5) is 30.1. The van der Waals surface area contributed by atoms with Crippen molar-refractivity contribution in [2.45, 2.75) is 34.2 Å². The lowest BCUT2D eigenvalue weighted by molar-refractivity contribution is 0.0525. The van der Waals surface area contributed by atoms with E-state index >= 15 is 0 Å². The van der Waals surface area contributed by atoms with Crippen LogP contribution in [0.1, 0.15) is 51.5 Å². The zero-order chi connectivity index (χ0) is 20.8. The number of benzene rings is 1. The van der Waals surface area contributed by atoms with E-state index in [-0.39, 0.29) is 12.5 Å². The third kappa shape index (κ3) is 4.30. The molecule has 7 heteroatoms. The first-order chi connectivity index (χ1) is 13.4. The number of ether oxygens (including phenoxy) is 3. The van der Waals surface area contributed by atoms with Gasteiger partial charge in [0.1, 0.15) is 5.69 Å². The molecule has 1 N–H and O–H groups in total. The summed E-state index contributed by atoms with van der Waals surface area (Å²) in [5, 5.41) is 0. The number of rotatable bonds is 8. The Labute approximate surface area is 165 Å². The van der Waals surface area contributed by atoms with Gasteiger partial charge in [-0.25, -0.2) is 4.79 Å². The normalized spacial score (nSPS) is 10.5. The number of aromatic amines is 1. The largest absolute Gasteiger partial charge is 0.493 e. The average molecular weight is 388 g/mol. The van der Waals surface area contributed by atoms with E-state index < -0.39 is 5.97 Å². The summed E-state index contributed by atoms with van der Waals surface area (Å²) in [5.41, 5.74) is 2.97. The lowest BCUT2D eigenvalue weighted by Crippen LogP contribution is -2.31. The number of methoxy groups -OCH3 is 2. The van der Waals surface area contributed by atoms with E-state index in [0.29, 0.717) is 47.1 Å². The van der Waals surface area contributed by atoms with Crippen molar-refractivity contribution in [3.8, 4) is 11.5 Å². The molecule has 0 radical (unpaired) electrons. The molecule has 2 rings (SSSR count). The molecule has 152 valence electrons. The molecule has 0 spiro atoms. The van der Waals surface area contributed by atoms with Gasteiger partial charge in [-0.1, -0.05) is 6.07 Å². The highest BCUT2D eigenvalue weighted by Gasteiger charge is 2.25. The van der Waals surface area contributed by atoms with Crippen LogP contribution in [0.5, 0.6) is 11.5 Å². The molecular weight excluding hydrogens is 360 g/mol. The van der Waals surface area contributed by atoms with Crippen LogP contribution in [-0.4, -0.2) is 49.1 Å². The molecule has 1 heterocycles. The second-order valence-electron chi connectivity index (χ2n) is 6.35. The fraction of sp³-hybridized carbons (Fsp3) is 0.429. The molecule has 0 fully saturated rings. The van der Waals surface area contributed by atoms with Gasteiger partial charge in [-0.3, -0.25) is 4.79 Å². The van der Waals surface area contributed by atoms with Gasteiger partial charge < -0.3 is 24.1 Å². The van der Waals surface area contributed by atoms with Crippen molar-refractivity contribution in [2.24, 2.45) is 0 Å². The maximum Gasteiger partial charge on any atom is 0.340 e. The van der Waals surface area contributed by atoms with Crippen molar-refractivity contribution >= 4 is 11.9 Å². The van der Waals surface area contributed by atoms with E-state index in [4.69, 9.17) is 14.2 Å². The second-order valence-corrected chi connectivity index (χ2v) is 6.35. The van der Waals surface area contributed by atoms with Crippen molar-refractivity contribution in [1.29, 1.82) is 0 Å². The lowest BCUT2D eigenvalue weighted by Gasteiger charge is -2.21. The van der Waals surface area contributed by atoms with Gasteiger partial charge in [-0.05, 0) is 51.0 Å². The van der Waals surface area contributed by atoms with E-state index in [1.54, 1.807) is 39.9 Å². The Bertz CT molecular complexity index is 857. The first kappa shape index (κ1) is 21.3. The first-order valence-corrected chi connectivity index (χ1v) is 9.24. The standard InChI is InChI=1S/C21H28N2O5/c1-7-23(12-15-9-10-16(26-5)17(11-15)27-6)20(24)19-13(3)18(14(4)22-19)21(25)28-8-2/h9-11,22H,7-8,12H2,1-6H3. The van der Waals surface area contributed by atoms with Crippen LogP contribution in [0, 0.1) is 13.8 Å². The fourth-order valence-electron chi connectivity index (χ4n) is 3.16. The number of hydrogen-bond donors (Lipinski definition) is 1. The van der Waals surface area contributed by atoms with Crippen LogP contribution in [0.2, 0.25) is 0 Å². The number of aromatic nitrogens is 1. The number of hydrogen-bond acceptors (Lipinski definition) is 5. The van der Waals surface area contributed by atoms with E-state index in [2.05, 4.69) is 4.98 Å². The molecule has 7 nitrogen and oxygen atoms in total. The minimum atomic E-state index is -0.421. The summed E-state index contributed by atoms with van der Waals surface area (Å²) in [5.74, 6) is 0.653. The van der Waals surface area contributed by atoms with Crippen molar-refractivity contribution in [3.05, 3.63) is 46.3 Å². The number of amides is 1. The van der Waals surface area contributed by atoms with E-state index in [9.17, 15) is 9.59 Å². The maximum atomic E-state index is 13.1. The van der Waals surface area contributed by atoms with Crippen LogP contribution in [0.25, 0.3) is 0 Å². The Kier molecular flexibility index (Phi) is 7.09. The number of carbonyl (C=O) groups excluding carboxylic acids is 2. The zero-order valence-corrected chi connectivity index (χ0v) is 17.3. The first-order valence-electron chi connectivity index (χ1n) is 9.24. The molecule has 0 aliphatic heterocycles. The van der Waals surface area contributed by atoms with Crippen LogP contribution >= 0.6 is 0 Å². The molecule has 1 aromatic carbocycles. The molecule has 1 amide bonds. The zero-order valence-electron chi connectivity index (χ0n) is 17.3. The maximum absolute atomic E-state index is 13.1. The molecule has 28 heavy (non-hydrogen) atoms. The molecule has 0 bridgehead atoms. The van der Waals surface area contributed by atoms with E-state index in [0.717, 1.165) is 5.56 Å². The van der Waals surface area contributed by atoms with Crippen LogP contribution in [0.15, 0.2) is 18.2 Å². The Morgan fingerprint density at radius 2 is 1.75 bits per heavy atom. The summed E-state index contributed by atoms with van der Waals surface area (Å²) in [6.07, 6.45) is 0. The SMILES string of the molecule is CCOC(=O)c1c(C)[nH]c(C(=O)N(CC)Cc2ccc(OC)c(OC)c2)c1C. The molecule has 1 aromatic heterocycles. The van der Waals surface area contributed by atoms with E-state index in [1.807, 2.05) is 25.1 Å². The molecular formula is C21H28N2O5. The van der Waals surface area contributed by atoms with E-state index in [1.165, 1.54) is 0 Å². The molecule has 0 unspecified atom stereocenters. The summed E-state index contributed by atoms with van der Waals surface area (Å²) >= 11 is 0. The third-order valence-electron chi connectivity index (χ3n) is 4.62. The van der Waals surface area contributed by atoms with Crippen LogP contribution < -0.4 is 9.47 Å². The highest BCUT2D eigenvalue weighted by atomic mass is 16.5. The van der Waals surface area contributed by atoms with Gasteiger partial charge in [0.2, 0.25) is 0 Å². The summed E-state index contributed by atoms with van der Waals surface area (Å²) in [6, 6.07) is 5.56. The number of carbonyl (C=O) groups is 2. The van der Waals surface area contributed by atoms with Crippen molar-refractivity contribution in [1.82, 2.24) is 9.88 Å². The molecule has 0 saturated heterocycles. The predicted molar refractivity (Wildman–Crippen MR) is 106 cm³/mol. The van der Waals surface area contributed by atoms with Crippen LogP contribution in [0.3, 0.4) is 0 Å². The van der Waals surface area contributed by atoms with Crippen molar-refractivity contribution < 1.29 is 23.8 Å². The predicted octanol–water partition coefficient (Wildman–Crippen LogP) is 3.49. The second kappa shape index (κ2) is 9.30. The molecule has 2 aromatic rings. The number of esters is 1. The number of aryl methyl sites for hydroxylation is 1. The smallest absolute Gasteiger partial charge is 0.340 e. The number of H-pyrrole nitrogens is 1. The Morgan fingerprint density at radius 1 is 1.07 bits per heavy atom. The molecule has 0 aliphatic carbocycles. The van der Waals surface area contributed by atoms with Gasteiger partial charge in [0.15, 0.2) is 11.5 Å². The van der Waals surface area contributed by atoms with Crippen LogP contribution in [-0.2, 0) is 11.3 Å². The Balaban J connectivity index is 2.29. The minimum absolute atomic E-state index is 0.173. The van der Waals surface area contributed by atoms with Gasteiger partial charge in [-0.2, -0.15) is 0 Å². The van der Waals surface area contributed by atoms with Gasteiger partial charge in [0, 0.05) is 18.8 Å². The highest BCUT2D eigenvalue weighted by molar-refractivity contribution is 6.00. The fourth-order valence-corrected chi connectivity index (χ4v) is 3.16. The van der Waals surface area contributed by atoms with Gasteiger partial charge in [-0.15, -0.1) is 0 Å². The average Bonchev–Trinajstić information content (AvgIpc) is 2.99. The topological polar surface area (TPSA) is 80.9 Å². The lowest BCUT2D eigenvalue weighted by atomic mass is 10.1. The quantitative estimate of drug-likeness (QED) is 0.700. The monoisotopic (exact) mass is 388 g/mol.